The topological polar surface area (TPSA) is 12.0 Å². The van der Waals surface area contributed by atoms with E-state index < -0.39 is 12.1 Å². The first kappa shape index (κ1) is 9.84. The van der Waals surface area contributed by atoms with E-state index in [0.29, 0.717) is 0 Å². The molecule has 1 saturated heterocycles. The molecule has 1 heterocycles. The molecule has 0 amide bonds. The van der Waals surface area contributed by atoms with Gasteiger partial charge in [0, 0.05) is 12.6 Å². The number of hydrogen-bond donors (Lipinski definition) is 1. The molecule has 12 heavy (non-hydrogen) atoms. The highest BCUT2D eigenvalue weighted by Gasteiger charge is 2.44. The fraction of sp³-hybridized carbons (Fsp3) is 1.00. The Labute approximate surface area is 70.3 Å². The number of hydrogen-bond acceptors (Lipinski definition) is 1. The van der Waals surface area contributed by atoms with Crippen LogP contribution in [0.25, 0.3) is 0 Å². The summed E-state index contributed by atoms with van der Waals surface area (Å²) in [5, 5.41) is 2.89. The predicted octanol–water partition coefficient (Wildman–Crippen LogP) is 2.18. The Bertz CT molecular complexity index is 153. The number of rotatable bonds is 1. The van der Waals surface area contributed by atoms with Crippen molar-refractivity contribution < 1.29 is 13.2 Å². The van der Waals surface area contributed by atoms with Crippen LogP contribution in [0.15, 0.2) is 0 Å². The van der Waals surface area contributed by atoms with Gasteiger partial charge in [-0.15, -0.1) is 0 Å². The van der Waals surface area contributed by atoms with E-state index in [1.165, 1.54) is 0 Å². The summed E-state index contributed by atoms with van der Waals surface area (Å²) in [6, 6.07) is 0.0385. The van der Waals surface area contributed by atoms with Gasteiger partial charge in [-0.25, -0.2) is 0 Å². The van der Waals surface area contributed by atoms with Crippen molar-refractivity contribution in [2.24, 2.45) is 11.8 Å². The zero-order chi connectivity index (χ0) is 9.35. The molecule has 0 spiro atoms. The van der Waals surface area contributed by atoms with E-state index in [1.807, 2.05) is 13.8 Å². The van der Waals surface area contributed by atoms with Crippen molar-refractivity contribution in [3.8, 4) is 0 Å². The first-order valence-electron chi connectivity index (χ1n) is 4.21. The normalized spacial score (nSPS) is 31.5. The summed E-state index contributed by atoms with van der Waals surface area (Å²) in [5.41, 5.74) is 0. The standard InChI is InChI=1S/C8H14F3N/c1-5(2)7-3-6(4-12-7)8(9,10)11/h5-7,12H,3-4H2,1-2H3/t6-,7+/m1/s1. The Kier molecular flexibility index (Phi) is 2.66. The molecule has 0 aromatic heterocycles. The third kappa shape index (κ3) is 2.12. The van der Waals surface area contributed by atoms with Gasteiger partial charge in [-0.1, -0.05) is 13.8 Å². The van der Waals surface area contributed by atoms with Crippen LogP contribution in [0.2, 0.25) is 0 Å². The third-order valence-electron chi connectivity index (χ3n) is 2.43. The van der Waals surface area contributed by atoms with Crippen molar-refractivity contribution in [1.29, 1.82) is 0 Å². The molecule has 4 heteroatoms. The van der Waals surface area contributed by atoms with E-state index in [9.17, 15) is 13.2 Å². The molecule has 1 aliphatic heterocycles. The minimum absolute atomic E-state index is 0.0385. The van der Waals surface area contributed by atoms with Gasteiger partial charge in [-0.2, -0.15) is 13.2 Å². The molecule has 0 unspecified atom stereocenters. The van der Waals surface area contributed by atoms with E-state index in [1.54, 1.807) is 0 Å². The molecule has 0 bridgehead atoms. The van der Waals surface area contributed by atoms with Crippen LogP contribution in [0.4, 0.5) is 13.2 Å². The molecule has 1 fully saturated rings. The first-order valence-corrected chi connectivity index (χ1v) is 4.21. The number of nitrogens with one attached hydrogen (secondary N) is 1. The van der Waals surface area contributed by atoms with Crippen molar-refractivity contribution in [3.05, 3.63) is 0 Å². The van der Waals surface area contributed by atoms with Crippen LogP contribution in [-0.2, 0) is 0 Å². The van der Waals surface area contributed by atoms with Crippen LogP contribution in [0.3, 0.4) is 0 Å². The number of alkyl halides is 3. The second-order valence-corrected chi connectivity index (χ2v) is 3.73. The van der Waals surface area contributed by atoms with E-state index in [0.717, 1.165) is 0 Å². The maximum Gasteiger partial charge on any atom is 0.393 e. The SMILES string of the molecule is CC(C)[C@@H]1C[C@@H](C(F)(F)F)CN1. The smallest absolute Gasteiger partial charge is 0.313 e. The van der Waals surface area contributed by atoms with Crippen LogP contribution < -0.4 is 5.32 Å². The summed E-state index contributed by atoms with van der Waals surface area (Å²) >= 11 is 0. The van der Waals surface area contributed by atoms with Gasteiger partial charge in [0.2, 0.25) is 0 Å². The Hall–Kier alpha value is -0.250. The molecule has 1 nitrogen and oxygen atoms in total. The van der Waals surface area contributed by atoms with Gasteiger partial charge in [0.25, 0.3) is 0 Å². The van der Waals surface area contributed by atoms with Gasteiger partial charge in [0.1, 0.15) is 0 Å². The minimum Gasteiger partial charge on any atom is -0.313 e. The molecule has 1 rings (SSSR count). The van der Waals surface area contributed by atoms with Gasteiger partial charge in [0.05, 0.1) is 5.92 Å². The lowest BCUT2D eigenvalue weighted by Gasteiger charge is -2.15. The summed E-state index contributed by atoms with van der Waals surface area (Å²) in [7, 11) is 0. The van der Waals surface area contributed by atoms with E-state index in [2.05, 4.69) is 5.32 Å². The molecule has 0 saturated carbocycles. The largest absolute Gasteiger partial charge is 0.393 e. The monoisotopic (exact) mass is 181 g/mol. The zero-order valence-corrected chi connectivity index (χ0v) is 7.28. The lowest BCUT2D eigenvalue weighted by Crippen LogP contribution is -2.26. The fourth-order valence-corrected chi connectivity index (χ4v) is 1.52. The molecule has 0 aromatic rings. The summed E-state index contributed by atoms with van der Waals surface area (Å²) < 4.78 is 36.5. The minimum atomic E-state index is -4.02. The lowest BCUT2D eigenvalue weighted by molar-refractivity contribution is -0.169. The Balaban J connectivity index is 2.46. The molecule has 0 aromatic carbocycles. The summed E-state index contributed by atoms with van der Waals surface area (Å²) in [5.74, 6) is -0.845. The van der Waals surface area contributed by atoms with Crippen molar-refractivity contribution >= 4 is 0 Å². The summed E-state index contributed by atoms with van der Waals surface area (Å²) in [4.78, 5) is 0. The van der Waals surface area contributed by atoms with E-state index >= 15 is 0 Å². The quantitative estimate of drug-likeness (QED) is 0.653. The molecule has 0 aliphatic carbocycles. The van der Waals surface area contributed by atoms with E-state index in [-0.39, 0.29) is 24.9 Å². The highest BCUT2D eigenvalue weighted by Crippen LogP contribution is 2.33. The molecule has 0 radical (unpaired) electrons. The van der Waals surface area contributed by atoms with Gasteiger partial charge in [0.15, 0.2) is 0 Å². The fourth-order valence-electron chi connectivity index (χ4n) is 1.52. The van der Waals surface area contributed by atoms with E-state index in [4.69, 9.17) is 0 Å². The van der Waals surface area contributed by atoms with Crippen LogP contribution in [0.1, 0.15) is 20.3 Å². The van der Waals surface area contributed by atoms with Crippen LogP contribution >= 0.6 is 0 Å². The Morgan fingerprint density at radius 2 is 1.92 bits per heavy atom. The molecular formula is C8H14F3N. The van der Waals surface area contributed by atoms with Gasteiger partial charge in [-0.05, 0) is 12.3 Å². The molecular weight excluding hydrogens is 167 g/mol. The van der Waals surface area contributed by atoms with Crippen LogP contribution in [0, 0.1) is 11.8 Å². The van der Waals surface area contributed by atoms with Crippen molar-refractivity contribution in [3.63, 3.8) is 0 Å². The lowest BCUT2D eigenvalue weighted by atomic mass is 9.98. The van der Waals surface area contributed by atoms with Crippen LogP contribution in [0.5, 0.6) is 0 Å². The van der Waals surface area contributed by atoms with Gasteiger partial charge in [-0.3, -0.25) is 0 Å². The van der Waals surface area contributed by atoms with Gasteiger partial charge >= 0.3 is 6.18 Å². The second-order valence-electron chi connectivity index (χ2n) is 3.73. The summed E-state index contributed by atoms with van der Waals surface area (Å²) in [6.07, 6.45) is -3.78. The highest BCUT2D eigenvalue weighted by atomic mass is 19.4. The molecule has 1 aliphatic rings. The third-order valence-corrected chi connectivity index (χ3v) is 2.43. The average Bonchev–Trinajstić information content (AvgIpc) is 2.30. The molecule has 2 atom stereocenters. The van der Waals surface area contributed by atoms with Crippen molar-refractivity contribution in [1.82, 2.24) is 5.32 Å². The molecule has 1 N–H and O–H groups in total. The Morgan fingerprint density at radius 3 is 2.17 bits per heavy atom. The van der Waals surface area contributed by atoms with Crippen molar-refractivity contribution in [2.45, 2.75) is 32.5 Å². The Morgan fingerprint density at radius 1 is 1.33 bits per heavy atom. The maximum absolute atomic E-state index is 12.2. The second kappa shape index (κ2) is 3.24. The zero-order valence-electron chi connectivity index (χ0n) is 7.28. The average molecular weight is 181 g/mol. The first-order chi connectivity index (χ1) is 5.41. The van der Waals surface area contributed by atoms with Crippen LogP contribution in [-0.4, -0.2) is 18.8 Å². The molecule has 72 valence electrons. The predicted molar refractivity (Wildman–Crippen MR) is 40.8 cm³/mol. The maximum atomic E-state index is 12.2. The highest BCUT2D eigenvalue weighted by molar-refractivity contribution is 4.86. The van der Waals surface area contributed by atoms with Crippen molar-refractivity contribution in [2.75, 3.05) is 6.54 Å². The number of halogens is 3. The van der Waals surface area contributed by atoms with Gasteiger partial charge < -0.3 is 5.32 Å². The summed E-state index contributed by atoms with van der Waals surface area (Å²) in [6.45, 7) is 3.97.